The molecule has 0 aliphatic rings. The number of carbonyl (C=O) groups is 1. The number of nitrogens with zero attached hydrogens (tertiary/aromatic N) is 2. The Balaban J connectivity index is 2.05. The summed E-state index contributed by atoms with van der Waals surface area (Å²) in [4.78, 5) is 12.7. The summed E-state index contributed by atoms with van der Waals surface area (Å²) in [5, 5.41) is 9.86. The molecule has 1 heterocycles. The second-order valence-corrected chi connectivity index (χ2v) is 4.91. The standard InChI is InChI=1S/C15H20N2O2/c1-16(10-6-5-9-15(18)19)14-11-17(2)13-8-4-3-7-12(13)14/h3-4,7-8,11H,5-6,9-10H2,1-2H3,(H,18,19). The van der Waals surface area contributed by atoms with Gasteiger partial charge < -0.3 is 14.6 Å². The fraction of sp³-hybridized carbons (Fsp3) is 0.400. The lowest BCUT2D eigenvalue weighted by Gasteiger charge is -2.18. The van der Waals surface area contributed by atoms with Crippen molar-refractivity contribution in [2.75, 3.05) is 18.5 Å². The molecular formula is C15H20N2O2. The molecule has 19 heavy (non-hydrogen) atoms. The Morgan fingerprint density at radius 2 is 2.05 bits per heavy atom. The average molecular weight is 260 g/mol. The van der Waals surface area contributed by atoms with Crippen molar-refractivity contribution in [1.82, 2.24) is 4.57 Å². The minimum Gasteiger partial charge on any atom is -0.481 e. The first kappa shape index (κ1) is 13.5. The van der Waals surface area contributed by atoms with Crippen molar-refractivity contribution < 1.29 is 9.90 Å². The predicted octanol–water partition coefficient (Wildman–Crippen LogP) is 2.87. The molecule has 1 aromatic carbocycles. The number of aryl methyl sites for hydroxylation is 1. The molecule has 0 atom stereocenters. The van der Waals surface area contributed by atoms with Crippen molar-refractivity contribution in [3.8, 4) is 0 Å². The second-order valence-electron chi connectivity index (χ2n) is 4.91. The van der Waals surface area contributed by atoms with E-state index in [0.717, 1.165) is 19.4 Å². The van der Waals surface area contributed by atoms with Gasteiger partial charge in [0.05, 0.1) is 5.69 Å². The van der Waals surface area contributed by atoms with Crippen LogP contribution >= 0.6 is 0 Å². The van der Waals surface area contributed by atoms with Crippen LogP contribution in [0, 0.1) is 0 Å². The maximum Gasteiger partial charge on any atom is 0.303 e. The van der Waals surface area contributed by atoms with E-state index in [4.69, 9.17) is 5.11 Å². The molecular weight excluding hydrogens is 240 g/mol. The third-order valence-corrected chi connectivity index (χ3v) is 3.42. The fourth-order valence-corrected chi connectivity index (χ4v) is 2.37. The maximum absolute atomic E-state index is 10.5. The lowest BCUT2D eigenvalue weighted by Crippen LogP contribution is -2.18. The van der Waals surface area contributed by atoms with Gasteiger partial charge in [-0.2, -0.15) is 0 Å². The van der Waals surface area contributed by atoms with E-state index in [1.807, 2.05) is 19.2 Å². The Hall–Kier alpha value is -1.97. The van der Waals surface area contributed by atoms with E-state index in [1.165, 1.54) is 16.6 Å². The van der Waals surface area contributed by atoms with Crippen molar-refractivity contribution in [3.05, 3.63) is 30.5 Å². The summed E-state index contributed by atoms with van der Waals surface area (Å²) in [5.41, 5.74) is 2.42. The van der Waals surface area contributed by atoms with Gasteiger partial charge >= 0.3 is 5.97 Å². The fourth-order valence-electron chi connectivity index (χ4n) is 2.37. The van der Waals surface area contributed by atoms with E-state index in [0.29, 0.717) is 0 Å². The first-order valence-electron chi connectivity index (χ1n) is 6.56. The quantitative estimate of drug-likeness (QED) is 0.812. The van der Waals surface area contributed by atoms with Crippen LogP contribution in [0.3, 0.4) is 0 Å². The van der Waals surface area contributed by atoms with E-state index in [9.17, 15) is 4.79 Å². The molecule has 0 aliphatic carbocycles. The summed E-state index contributed by atoms with van der Waals surface area (Å²) < 4.78 is 2.12. The molecule has 2 rings (SSSR count). The van der Waals surface area contributed by atoms with Crippen LogP contribution < -0.4 is 4.90 Å². The highest BCUT2D eigenvalue weighted by atomic mass is 16.4. The van der Waals surface area contributed by atoms with Crippen LogP contribution in [0.4, 0.5) is 5.69 Å². The number of carboxylic acid groups (broad SMARTS) is 1. The van der Waals surface area contributed by atoms with E-state index in [1.54, 1.807) is 0 Å². The molecule has 0 unspecified atom stereocenters. The first-order valence-corrected chi connectivity index (χ1v) is 6.56. The van der Waals surface area contributed by atoms with Crippen LogP contribution in [0.15, 0.2) is 30.5 Å². The Labute approximate surface area is 113 Å². The average Bonchev–Trinajstić information content (AvgIpc) is 2.72. The molecule has 4 nitrogen and oxygen atoms in total. The molecule has 0 radical (unpaired) electrons. The SMILES string of the molecule is CN(CCCCC(=O)O)c1cn(C)c2ccccc12. The van der Waals surface area contributed by atoms with Gasteiger partial charge in [0.2, 0.25) is 0 Å². The Kier molecular flexibility index (Phi) is 4.10. The van der Waals surface area contributed by atoms with Gasteiger partial charge in [-0.15, -0.1) is 0 Å². The number of hydrogen-bond donors (Lipinski definition) is 1. The molecule has 1 N–H and O–H groups in total. The van der Waals surface area contributed by atoms with Crippen molar-refractivity contribution in [1.29, 1.82) is 0 Å². The van der Waals surface area contributed by atoms with Crippen LogP contribution in [-0.4, -0.2) is 29.2 Å². The van der Waals surface area contributed by atoms with E-state index in [2.05, 4.69) is 34.8 Å². The van der Waals surface area contributed by atoms with Gasteiger partial charge in [0.1, 0.15) is 0 Å². The normalized spacial score (nSPS) is 10.8. The van der Waals surface area contributed by atoms with E-state index < -0.39 is 5.97 Å². The number of unbranched alkanes of at least 4 members (excludes halogenated alkanes) is 1. The number of aromatic nitrogens is 1. The Bertz CT molecular complexity index is 575. The number of fused-ring (bicyclic) bond motifs is 1. The third-order valence-electron chi connectivity index (χ3n) is 3.42. The lowest BCUT2D eigenvalue weighted by molar-refractivity contribution is -0.137. The van der Waals surface area contributed by atoms with Gasteiger partial charge in [0.25, 0.3) is 0 Å². The van der Waals surface area contributed by atoms with Crippen LogP contribution in [0.1, 0.15) is 19.3 Å². The highest BCUT2D eigenvalue weighted by Gasteiger charge is 2.09. The van der Waals surface area contributed by atoms with Gasteiger partial charge in [-0.05, 0) is 18.9 Å². The number of carboxylic acids is 1. The lowest BCUT2D eigenvalue weighted by atomic mass is 10.2. The number of benzene rings is 1. The minimum absolute atomic E-state index is 0.253. The second kappa shape index (κ2) is 5.78. The number of rotatable bonds is 6. The molecule has 0 aliphatic heterocycles. The molecule has 0 spiro atoms. The van der Waals surface area contributed by atoms with Crippen molar-refractivity contribution in [3.63, 3.8) is 0 Å². The molecule has 0 bridgehead atoms. The Morgan fingerprint density at radius 1 is 1.32 bits per heavy atom. The smallest absolute Gasteiger partial charge is 0.303 e. The zero-order chi connectivity index (χ0) is 13.8. The molecule has 2 aromatic rings. The molecule has 102 valence electrons. The third kappa shape index (κ3) is 3.08. The van der Waals surface area contributed by atoms with Gasteiger partial charge in [-0.3, -0.25) is 4.79 Å². The molecule has 0 saturated heterocycles. The highest BCUT2D eigenvalue weighted by Crippen LogP contribution is 2.27. The van der Waals surface area contributed by atoms with Gasteiger partial charge in [-0.1, -0.05) is 18.2 Å². The van der Waals surface area contributed by atoms with Crippen LogP contribution in [0.5, 0.6) is 0 Å². The number of para-hydroxylation sites is 1. The van der Waals surface area contributed by atoms with E-state index in [-0.39, 0.29) is 6.42 Å². The molecule has 0 fully saturated rings. The molecule has 4 heteroatoms. The van der Waals surface area contributed by atoms with Crippen LogP contribution in [0.25, 0.3) is 10.9 Å². The van der Waals surface area contributed by atoms with Gasteiger partial charge in [0.15, 0.2) is 0 Å². The summed E-state index contributed by atoms with van der Waals surface area (Å²) in [6.07, 6.45) is 4.00. The van der Waals surface area contributed by atoms with Crippen molar-refractivity contribution in [2.24, 2.45) is 7.05 Å². The minimum atomic E-state index is -0.715. The number of hydrogen-bond acceptors (Lipinski definition) is 2. The molecule has 0 saturated carbocycles. The highest BCUT2D eigenvalue weighted by molar-refractivity contribution is 5.93. The van der Waals surface area contributed by atoms with Crippen molar-refractivity contribution >= 4 is 22.6 Å². The van der Waals surface area contributed by atoms with Gasteiger partial charge in [-0.25, -0.2) is 0 Å². The predicted molar refractivity (Wildman–Crippen MR) is 77.7 cm³/mol. The summed E-state index contributed by atoms with van der Waals surface area (Å²) in [6.45, 7) is 0.876. The molecule has 0 amide bonds. The zero-order valence-corrected chi connectivity index (χ0v) is 11.5. The zero-order valence-electron chi connectivity index (χ0n) is 11.5. The number of anilines is 1. The maximum atomic E-state index is 10.5. The largest absolute Gasteiger partial charge is 0.481 e. The van der Waals surface area contributed by atoms with Crippen LogP contribution in [-0.2, 0) is 11.8 Å². The van der Waals surface area contributed by atoms with E-state index >= 15 is 0 Å². The first-order chi connectivity index (χ1) is 9.09. The Morgan fingerprint density at radius 3 is 2.79 bits per heavy atom. The van der Waals surface area contributed by atoms with Crippen molar-refractivity contribution in [2.45, 2.75) is 19.3 Å². The molecule has 1 aromatic heterocycles. The summed E-state index contributed by atoms with van der Waals surface area (Å²) >= 11 is 0. The van der Waals surface area contributed by atoms with Crippen LogP contribution in [0.2, 0.25) is 0 Å². The van der Waals surface area contributed by atoms with Gasteiger partial charge in [0, 0.05) is 44.2 Å². The number of aliphatic carboxylic acids is 1. The summed E-state index contributed by atoms with van der Waals surface area (Å²) in [6, 6.07) is 8.32. The summed E-state index contributed by atoms with van der Waals surface area (Å²) in [7, 11) is 4.10. The topological polar surface area (TPSA) is 45.5 Å². The summed E-state index contributed by atoms with van der Waals surface area (Å²) in [5.74, 6) is -0.715. The monoisotopic (exact) mass is 260 g/mol.